The van der Waals surface area contributed by atoms with Crippen molar-refractivity contribution in [2.75, 3.05) is 0 Å². The Balaban J connectivity index is 2.89. The molecule has 0 aliphatic carbocycles. The number of nitriles is 1. The van der Waals surface area contributed by atoms with E-state index < -0.39 is 6.45 Å². The van der Waals surface area contributed by atoms with Crippen LogP contribution in [0.3, 0.4) is 0 Å². The first kappa shape index (κ1) is 7.50. The highest BCUT2D eigenvalue weighted by molar-refractivity contribution is 6.11. The van der Waals surface area contributed by atoms with E-state index in [9.17, 15) is 4.79 Å². The van der Waals surface area contributed by atoms with Crippen molar-refractivity contribution in [2.45, 2.75) is 0 Å². The molecule has 0 atom stereocenters. The maximum Gasteiger partial charge on any atom is 0.323 e. The lowest BCUT2D eigenvalue weighted by Gasteiger charge is -1.93. The van der Waals surface area contributed by atoms with Gasteiger partial charge in [0, 0.05) is 5.56 Å². The molecule has 64 valence electrons. The molecule has 0 heterocycles. The number of carbonyl (C=O) groups excluding carboxylic acids is 1. The fraction of sp³-hybridized carbons (Fsp3) is 0. The average molecular weight is 175 g/mol. The fourth-order valence-electron chi connectivity index (χ4n) is 0.798. The zero-order valence-corrected chi connectivity index (χ0v) is 6.60. The Labute approximate surface area is 76.4 Å². The van der Waals surface area contributed by atoms with Crippen molar-refractivity contribution in [3.8, 4) is 6.07 Å². The summed E-state index contributed by atoms with van der Waals surface area (Å²) in [7, 11) is 0. The van der Waals surface area contributed by atoms with Crippen molar-refractivity contribution in [3.05, 3.63) is 35.9 Å². The van der Waals surface area contributed by atoms with Crippen LogP contribution >= 0.6 is 0 Å². The maximum atomic E-state index is 10.1. The zero-order valence-electron chi connectivity index (χ0n) is 7.60. The third-order valence-corrected chi connectivity index (χ3v) is 1.33. The van der Waals surface area contributed by atoms with Crippen LogP contribution in [0.4, 0.5) is 0 Å². The maximum absolute atomic E-state index is 10.1. The zero-order chi connectivity index (χ0) is 10.4. The molecule has 0 aliphatic rings. The van der Waals surface area contributed by atoms with Crippen molar-refractivity contribution >= 4 is 12.2 Å². The van der Waals surface area contributed by atoms with E-state index in [0.29, 0.717) is 5.56 Å². The van der Waals surface area contributed by atoms with Crippen LogP contribution in [0.25, 0.3) is 0 Å². The Morgan fingerprint density at radius 1 is 1.62 bits per heavy atom. The molecule has 0 saturated carbocycles. The first-order valence-electron chi connectivity index (χ1n) is 3.95. The van der Waals surface area contributed by atoms with Gasteiger partial charge in [0.15, 0.2) is 7.08 Å². The summed E-state index contributed by atoms with van der Waals surface area (Å²) in [6, 6.07) is 10.3. The topological polar surface area (TPSA) is 62.4 Å². The molecule has 0 fully saturated rings. The number of hydrogen-bond acceptors (Lipinski definition) is 4. The molecule has 4 nitrogen and oxygen atoms in total. The van der Waals surface area contributed by atoms with Gasteiger partial charge in [-0.05, 0) is 0 Å². The lowest BCUT2D eigenvalue weighted by molar-refractivity contribution is -0.128. The standard InChI is InChI=1S/C9H6N2O2/c10-6-9(11-13-7-12)8-4-2-1-3-5-8/h1-5,7H/b11-9-/i7D. The molecular weight excluding hydrogens is 168 g/mol. The van der Waals surface area contributed by atoms with Crippen molar-refractivity contribution < 1.29 is 11.0 Å². The van der Waals surface area contributed by atoms with Gasteiger partial charge in [-0.2, -0.15) is 5.26 Å². The molecular formula is C9H6N2O2. The first-order chi connectivity index (χ1) is 6.74. The Bertz CT molecular complexity index is 395. The summed E-state index contributed by atoms with van der Waals surface area (Å²) in [5.41, 5.74) is 0.502. The normalized spacial score (nSPS) is 11.3. The van der Waals surface area contributed by atoms with Gasteiger partial charge in [-0.15, -0.1) is 0 Å². The van der Waals surface area contributed by atoms with Crippen molar-refractivity contribution in [1.29, 1.82) is 5.26 Å². The highest BCUT2D eigenvalue weighted by Crippen LogP contribution is 2.00. The van der Waals surface area contributed by atoms with Crippen LogP contribution in [0.1, 0.15) is 6.93 Å². The summed E-state index contributed by atoms with van der Waals surface area (Å²) in [6.45, 7) is 0. The van der Waals surface area contributed by atoms with E-state index in [-0.39, 0.29) is 5.71 Å². The van der Waals surface area contributed by atoms with Crippen LogP contribution in [0.5, 0.6) is 0 Å². The van der Waals surface area contributed by atoms with Crippen molar-refractivity contribution in [1.82, 2.24) is 0 Å². The molecule has 0 amide bonds. The fourth-order valence-corrected chi connectivity index (χ4v) is 0.798. The van der Waals surface area contributed by atoms with E-state index in [4.69, 9.17) is 6.63 Å². The van der Waals surface area contributed by atoms with Gasteiger partial charge >= 0.3 is 6.45 Å². The number of benzene rings is 1. The lowest BCUT2D eigenvalue weighted by atomic mass is 10.1. The van der Waals surface area contributed by atoms with Crippen LogP contribution in [-0.2, 0) is 9.63 Å². The predicted octanol–water partition coefficient (Wildman–Crippen LogP) is 1.09. The third kappa shape index (κ3) is 2.42. The Hall–Kier alpha value is -2.15. The molecule has 0 bridgehead atoms. The van der Waals surface area contributed by atoms with Crippen LogP contribution in [0, 0.1) is 11.3 Å². The smallest absolute Gasteiger partial charge is 0.320 e. The lowest BCUT2D eigenvalue weighted by Crippen LogP contribution is -1.97. The average Bonchev–Trinajstić information content (AvgIpc) is 2.20. The second-order valence-electron chi connectivity index (χ2n) is 2.09. The molecule has 0 spiro atoms. The summed E-state index contributed by atoms with van der Waals surface area (Å²) < 4.78 is 6.43. The summed E-state index contributed by atoms with van der Waals surface area (Å²) in [5, 5.41) is 11.9. The molecule has 4 heteroatoms. The molecule has 0 saturated heterocycles. The van der Waals surface area contributed by atoms with Gasteiger partial charge in [0.1, 0.15) is 6.07 Å². The number of hydrogen-bond donors (Lipinski definition) is 0. The molecule has 0 aromatic heterocycles. The Morgan fingerprint density at radius 3 is 2.85 bits per heavy atom. The molecule has 0 aliphatic heterocycles. The number of oxime groups is 1. The minimum Gasteiger partial charge on any atom is -0.320 e. The molecule has 13 heavy (non-hydrogen) atoms. The van der Waals surface area contributed by atoms with E-state index in [1.54, 1.807) is 36.4 Å². The monoisotopic (exact) mass is 175 g/mol. The Kier molecular flexibility index (Phi) is 2.69. The third-order valence-electron chi connectivity index (χ3n) is 1.33. The number of rotatable bonds is 2. The summed E-state index contributed by atoms with van der Waals surface area (Å²) in [4.78, 5) is 14.2. The van der Waals surface area contributed by atoms with E-state index in [0.717, 1.165) is 0 Å². The number of carbonyl (C=O) groups is 1. The summed E-state index contributed by atoms with van der Waals surface area (Å²) in [5.74, 6) is 0. The molecule has 1 rings (SSSR count). The highest BCUT2D eigenvalue weighted by Gasteiger charge is 2.00. The van der Waals surface area contributed by atoms with Crippen molar-refractivity contribution in [2.24, 2.45) is 5.16 Å². The van der Waals surface area contributed by atoms with Gasteiger partial charge in [-0.25, -0.2) is 0 Å². The summed E-state index contributed by atoms with van der Waals surface area (Å²) >= 11 is 0. The van der Waals surface area contributed by atoms with Gasteiger partial charge in [0.2, 0.25) is 0 Å². The first-order valence-corrected chi connectivity index (χ1v) is 3.45. The second-order valence-corrected chi connectivity index (χ2v) is 2.09. The van der Waals surface area contributed by atoms with Crippen LogP contribution in [-0.4, -0.2) is 12.2 Å². The minimum absolute atomic E-state index is 0.0359. The van der Waals surface area contributed by atoms with Crippen LogP contribution in [0.2, 0.25) is 0 Å². The quantitative estimate of drug-likeness (QED) is 0.292. The minimum atomic E-state index is -1.30. The molecule has 0 radical (unpaired) electrons. The SMILES string of the molecule is [2H]C(=O)O/N=C(/C#N)c1ccccc1. The molecule has 0 N–H and O–H groups in total. The summed E-state index contributed by atoms with van der Waals surface area (Å²) in [6.07, 6.45) is -1.30. The van der Waals surface area contributed by atoms with E-state index in [2.05, 4.69) is 9.99 Å². The molecule has 1 aromatic carbocycles. The van der Waals surface area contributed by atoms with Gasteiger partial charge < -0.3 is 4.84 Å². The molecule has 0 unspecified atom stereocenters. The van der Waals surface area contributed by atoms with Crippen molar-refractivity contribution in [3.63, 3.8) is 0 Å². The molecule has 1 aromatic rings. The Morgan fingerprint density at radius 2 is 2.31 bits per heavy atom. The van der Waals surface area contributed by atoms with Gasteiger partial charge in [0.05, 0.1) is 0 Å². The van der Waals surface area contributed by atoms with Crippen LogP contribution in [0.15, 0.2) is 35.5 Å². The predicted molar refractivity (Wildman–Crippen MR) is 45.7 cm³/mol. The van der Waals surface area contributed by atoms with E-state index >= 15 is 0 Å². The van der Waals surface area contributed by atoms with E-state index in [1.165, 1.54) is 0 Å². The second kappa shape index (κ2) is 4.67. The van der Waals surface area contributed by atoms with Gasteiger partial charge in [0.25, 0.3) is 0 Å². The largest absolute Gasteiger partial charge is 0.323 e. The van der Waals surface area contributed by atoms with Gasteiger partial charge in [-0.1, -0.05) is 35.5 Å². The van der Waals surface area contributed by atoms with Crippen LogP contribution < -0.4 is 0 Å². The number of nitrogens with zero attached hydrogens (tertiary/aromatic N) is 2. The van der Waals surface area contributed by atoms with E-state index in [1.807, 2.05) is 0 Å². The van der Waals surface area contributed by atoms with Gasteiger partial charge in [-0.3, -0.25) is 4.79 Å². The highest BCUT2D eigenvalue weighted by atomic mass is 16.7.